The average Bonchev–Trinajstić information content (AvgIpc) is 2.50. The van der Waals surface area contributed by atoms with E-state index in [0.717, 1.165) is 11.1 Å². The zero-order valence-corrected chi connectivity index (χ0v) is 10.5. The Balaban J connectivity index is 1.79. The van der Waals surface area contributed by atoms with Gasteiger partial charge in [-0.1, -0.05) is 0 Å². The minimum atomic E-state index is 0.269. The van der Waals surface area contributed by atoms with Gasteiger partial charge in [0.05, 0.1) is 6.20 Å². The summed E-state index contributed by atoms with van der Waals surface area (Å²) in [6.07, 6.45) is 8.29. The van der Waals surface area contributed by atoms with E-state index in [1.165, 1.54) is 0 Å². The number of hydrogen-bond donors (Lipinski definition) is 1. The molecule has 6 heteroatoms. The summed E-state index contributed by atoms with van der Waals surface area (Å²) in [5, 5.41) is 0. The molecule has 3 heterocycles. The normalized spacial score (nSPS) is 10.2. The first-order valence-electron chi connectivity index (χ1n) is 5.93. The van der Waals surface area contributed by atoms with E-state index in [1.807, 2.05) is 6.07 Å². The molecule has 0 radical (unpaired) electrons. The van der Waals surface area contributed by atoms with Crippen LogP contribution in [0.15, 0.2) is 55.2 Å². The summed E-state index contributed by atoms with van der Waals surface area (Å²) in [5.74, 6) is 1.07. The van der Waals surface area contributed by atoms with Crippen molar-refractivity contribution in [2.45, 2.75) is 0 Å². The first-order valence-corrected chi connectivity index (χ1v) is 5.93. The Labute approximate surface area is 115 Å². The first-order chi connectivity index (χ1) is 9.81. The van der Waals surface area contributed by atoms with Crippen LogP contribution in [-0.4, -0.2) is 19.9 Å². The molecular formula is C14H11N5O. The van der Waals surface area contributed by atoms with Crippen LogP contribution >= 0.6 is 0 Å². The quantitative estimate of drug-likeness (QED) is 0.782. The van der Waals surface area contributed by atoms with Crippen molar-refractivity contribution in [1.82, 2.24) is 19.9 Å². The molecular weight excluding hydrogens is 254 g/mol. The van der Waals surface area contributed by atoms with Gasteiger partial charge < -0.3 is 10.5 Å². The van der Waals surface area contributed by atoms with E-state index in [4.69, 9.17) is 10.5 Å². The molecule has 6 nitrogen and oxygen atoms in total. The van der Waals surface area contributed by atoms with E-state index < -0.39 is 0 Å². The number of pyridine rings is 2. The van der Waals surface area contributed by atoms with Crippen molar-refractivity contribution in [2.75, 3.05) is 5.73 Å². The third-order valence-corrected chi connectivity index (χ3v) is 2.59. The maximum atomic E-state index is 5.55. The third-order valence-electron chi connectivity index (χ3n) is 2.59. The van der Waals surface area contributed by atoms with Crippen LogP contribution in [-0.2, 0) is 0 Å². The third kappa shape index (κ3) is 2.69. The standard InChI is InChI=1S/C14H11N5O/c15-13-4-3-10(6-17-13)11-7-18-14(19-8-11)20-12-2-1-5-16-9-12/h1-9H,(H2,15,17). The molecule has 20 heavy (non-hydrogen) atoms. The summed E-state index contributed by atoms with van der Waals surface area (Å²) in [7, 11) is 0. The summed E-state index contributed by atoms with van der Waals surface area (Å²) in [4.78, 5) is 16.3. The molecule has 0 aromatic carbocycles. The number of hydrogen-bond acceptors (Lipinski definition) is 6. The van der Waals surface area contributed by atoms with Crippen LogP contribution in [0.1, 0.15) is 0 Å². The van der Waals surface area contributed by atoms with Gasteiger partial charge in [-0.05, 0) is 24.3 Å². The maximum absolute atomic E-state index is 5.55. The second-order valence-electron chi connectivity index (χ2n) is 4.02. The second kappa shape index (κ2) is 5.31. The Morgan fingerprint density at radius 2 is 1.65 bits per heavy atom. The molecule has 0 bridgehead atoms. The van der Waals surface area contributed by atoms with Crippen molar-refractivity contribution in [3.8, 4) is 22.9 Å². The van der Waals surface area contributed by atoms with Crippen molar-refractivity contribution in [3.05, 3.63) is 55.2 Å². The molecule has 98 valence electrons. The Morgan fingerprint density at radius 3 is 2.30 bits per heavy atom. The van der Waals surface area contributed by atoms with Crippen LogP contribution in [0.4, 0.5) is 5.82 Å². The number of ether oxygens (including phenoxy) is 1. The molecule has 3 rings (SSSR count). The molecule has 2 N–H and O–H groups in total. The highest BCUT2D eigenvalue weighted by Gasteiger charge is 2.03. The molecule has 3 aromatic heterocycles. The summed E-state index contributed by atoms with van der Waals surface area (Å²) in [6.45, 7) is 0. The lowest BCUT2D eigenvalue weighted by molar-refractivity contribution is 0.440. The summed E-state index contributed by atoms with van der Waals surface area (Å²) in [6, 6.07) is 7.43. The van der Waals surface area contributed by atoms with E-state index in [2.05, 4.69) is 19.9 Å². The van der Waals surface area contributed by atoms with Crippen LogP contribution in [0.5, 0.6) is 11.8 Å². The van der Waals surface area contributed by atoms with E-state index in [1.54, 1.807) is 49.2 Å². The topological polar surface area (TPSA) is 86.8 Å². The fourth-order valence-corrected chi connectivity index (χ4v) is 1.61. The van der Waals surface area contributed by atoms with Gasteiger partial charge in [0.1, 0.15) is 11.6 Å². The highest BCUT2D eigenvalue weighted by molar-refractivity contribution is 5.61. The smallest absolute Gasteiger partial charge is 0.321 e. The van der Waals surface area contributed by atoms with Gasteiger partial charge in [-0.25, -0.2) is 15.0 Å². The van der Waals surface area contributed by atoms with Crippen molar-refractivity contribution in [1.29, 1.82) is 0 Å². The van der Waals surface area contributed by atoms with Gasteiger partial charge >= 0.3 is 6.01 Å². The number of nitrogens with zero attached hydrogens (tertiary/aromatic N) is 4. The van der Waals surface area contributed by atoms with E-state index >= 15 is 0 Å². The SMILES string of the molecule is Nc1ccc(-c2cnc(Oc3cccnc3)nc2)cn1. The largest absolute Gasteiger partial charge is 0.423 e. The zero-order chi connectivity index (χ0) is 13.8. The van der Waals surface area contributed by atoms with Gasteiger partial charge in [0.25, 0.3) is 0 Å². The monoisotopic (exact) mass is 265 g/mol. The van der Waals surface area contributed by atoms with Gasteiger partial charge in [-0.15, -0.1) is 0 Å². The van der Waals surface area contributed by atoms with Crippen LogP contribution in [0, 0.1) is 0 Å². The molecule has 0 saturated heterocycles. The number of aromatic nitrogens is 4. The van der Waals surface area contributed by atoms with Gasteiger partial charge in [0.15, 0.2) is 0 Å². The zero-order valence-electron chi connectivity index (χ0n) is 10.5. The lowest BCUT2D eigenvalue weighted by Crippen LogP contribution is -1.93. The summed E-state index contributed by atoms with van der Waals surface area (Å²) in [5.41, 5.74) is 7.29. The summed E-state index contributed by atoms with van der Waals surface area (Å²) < 4.78 is 5.47. The van der Waals surface area contributed by atoms with Gasteiger partial charge in [-0.3, -0.25) is 4.98 Å². The second-order valence-corrected chi connectivity index (χ2v) is 4.02. The average molecular weight is 265 g/mol. The van der Waals surface area contributed by atoms with Crippen molar-refractivity contribution < 1.29 is 4.74 Å². The lowest BCUT2D eigenvalue weighted by Gasteiger charge is -2.04. The minimum absolute atomic E-state index is 0.269. The Morgan fingerprint density at radius 1 is 0.850 bits per heavy atom. The van der Waals surface area contributed by atoms with Crippen LogP contribution in [0.25, 0.3) is 11.1 Å². The number of nitrogens with two attached hydrogens (primary N) is 1. The van der Waals surface area contributed by atoms with E-state index in [-0.39, 0.29) is 6.01 Å². The van der Waals surface area contributed by atoms with Gasteiger partial charge in [0, 0.05) is 35.9 Å². The molecule has 0 atom stereocenters. The molecule has 3 aromatic rings. The number of anilines is 1. The Hall–Kier alpha value is -3.02. The van der Waals surface area contributed by atoms with Gasteiger partial charge in [0.2, 0.25) is 0 Å². The number of rotatable bonds is 3. The maximum Gasteiger partial charge on any atom is 0.321 e. The van der Waals surface area contributed by atoms with Crippen molar-refractivity contribution in [3.63, 3.8) is 0 Å². The Kier molecular flexibility index (Phi) is 3.20. The number of nitrogen functional groups attached to an aromatic ring is 1. The van der Waals surface area contributed by atoms with Crippen LogP contribution in [0.3, 0.4) is 0 Å². The first kappa shape index (κ1) is 12.0. The highest BCUT2D eigenvalue weighted by Crippen LogP contribution is 2.20. The lowest BCUT2D eigenvalue weighted by atomic mass is 10.1. The van der Waals surface area contributed by atoms with E-state index in [9.17, 15) is 0 Å². The van der Waals surface area contributed by atoms with Gasteiger partial charge in [-0.2, -0.15) is 0 Å². The van der Waals surface area contributed by atoms with Crippen LogP contribution in [0.2, 0.25) is 0 Å². The molecule has 0 aliphatic heterocycles. The predicted molar refractivity (Wildman–Crippen MR) is 74.0 cm³/mol. The predicted octanol–water partition coefficient (Wildman–Crippen LogP) is 2.31. The highest BCUT2D eigenvalue weighted by atomic mass is 16.5. The molecule has 0 aliphatic rings. The molecule has 0 fully saturated rings. The van der Waals surface area contributed by atoms with E-state index in [0.29, 0.717) is 11.6 Å². The molecule has 0 saturated carbocycles. The molecule has 0 spiro atoms. The fourth-order valence-electron chi connectivity index (χ4n) is 1.61. The molecule has 0 amide bonds. The van der Waals surface area contributed by atoms with Crippen molar-refractivity contribution in [2.24, 2.45) is 0 Å². The summed E-state index contributed by atoms with van der Waals surface area (Å²) >= 11 is 0. The van der Waals surface area contributed by atoms with Crippen LogP contribution < -0.4 is 10.5 Å². The minimum Gasteiger partial charge on any atom is -0.423 e. The van der Waals surface area contributed by atoms with Crippen molar-refractivity contribution >= 4 is 5.82 Å². The fraction of sp³-hybridized carbons (Fsp3) is 0. The Bertz CT molecular complexity index is 683. The molecule has 0 aliphatic carbocycles. The molecule has 0 unspecified atom stereocenters.